The number of methoxy groups -OCH3 is 2. The number of ether oxygens (including phenoxy) is 2. The van der Waals surface area contributed by atoms with Gasteiger partial charge in [-0.15, -0.1) is 0 Å². The number of nitrogens with one attached hydrogen (secondary N) is 3. The number of likely N-dealkylation sites (tertiary alicyclic amines) is 1. The zero-order valence-electron chi connectivity index (χ0n) is 40.2. The Kier molecular flexibility index (Phi) is 28.3. The van der Waals surface area contributed by atoms with Crippen LogP contribution in [0.5, 0.6) is 0 Å². The molecule has 332 valence electrons. The predicted molar refractivity (Wildman–Crippen MR) is 241 cm³/mol. The van der Waals surface area contributed by atoms with Crippen LogP contribution in [0.15, 0.2) is 30.3 Å². The van der Waals surface area contributed by atoms with Gasteiger partial charge in [0.2, 0.25) is 29.5 Å². The molecule has 0 unspecified atom stereocenters. The van der Waals surface area contributed by atoms with Crippen LogP contribution >= 0.6 is 0 Å². The summed E-state index contributed by atoms with van der Waals surface area (Å²) in [6.07, 6.45) is 2.03. The molecule has 0 aliphatic carbocycles. The summed E-state index contributed by atoms with van der Waals surface area (Å²) in [5, 5.41) is 9.05. The van der Waals surface area contributed by atoms with Crippen LogP contribution in [0.25, 0.3) is 0 Å². The molecule has 1 aromatic carbocycles. The first-order valence-electron chi connectivity index (χ1n) is 21.5. The number of carbonyl (C=O) groups is 5. The van der Waals surface area contributed by atoms with E-state index in [1.165, 1.54) is 0 Å². The van der Waals surface area contributed by atoms with Gasteiger partial charge < -0.3 is 35.2 Å². The van der Waals surface area contributed by atoms with E-state index in [2.05, 4.69) is 29.8 Å². The molecule has 1 aliphatic heterocycles. The minimum atomic E-state index is -0.781. The van der Waals surface area contributed by atoms with Crippen molar-refractivity contribution in [3.8, 4) is 0 Å². The van der Waals surface area contributed by atoms with Crippen molar-refractivity contribution in [2.75, 3.05) is 48.5 Å². The summed E-state index contributed by atoms with van der Waals surface area (Å²) >= 11 is 0. The van der Waals surface area contributed by atoms with Crippen LogP contribution in [0.3, 0.4) is 0 Å². The number of hydrogen-bond donors (Lipinski definition) is 3. The molecule has 1 heterocycles. The van der Waals surface area contributed by atoms with Gasteiger partial charge in [-0.1, -0.05) is 99.1 Å². The summed E-state index contributed by atoms with van der Waals surface area (Å²) in [7, 11) is 8.57. The van der Waals surface area contributed by atoms with Crippen molar-refractivity contribution in [3.05, 3.63) is 35.9 Å². The Morgan fingerprint density at radius 1 is 0.833 bits per heavy atom. The summed E-state index contributed by atoms with van der Waals surface area (Å²) in [5.41, 5.74) is 0.930. The Morgan fingerprint density at radius 3 is 1.95 bits per heavy atom. The Bertz CT molecular complexity index is 1440. The molecule has 2 radical (unpaired) electrons. The first-order valence-corrected chi connectivity index (χ1v) is 21.5. The van der Waals surface area contributed by atoms with Crippen molar-refractivity contribution in [1.29, 1.82) is 0 Å². The SMILES string of the molecule is CC[C@H](C)[C@@H]([C@@H](CC(=O)N1CCC[C@H]1[C@H](OC)[C@@H](C)C(=O)N[C@@H](Cc1ccccc1)C(=O)NCCC(C)C)OC)N(C)C(=O)[C@@H](NC(=O)[C@H](C(C)C)N(C)C)C(C)C.[Na].[Na]. The molecule has 13 nitrogen and oxygen atoms in total. The minimum absolute atomic E-state index is 0. The predicted octanol–water partition coefficient (Wildman–Crippen LogP) is 3.76. The molecule has 1 aromatic rings. The van der Waals surface area contributed by atoms with E-state index in [0.717, 1.165) is 24.8 Å². The zero-order valence-corrected chi connectivity index (χ0v) is 44.2. The second-order valence-electron chi connectivity index (χ2n) is 17.7. The van der Waals surface area contributed by atoms with Gasteiger partial charge >= 0.3 is 0 Å². The van der Waals surface area contributed by atoms with Crippen molar-refractivity contribution in [2.45, 2.75) is 143 Å². The third kappa shape index (κ3) is 17.2. The number of rotatable bonds is 24. The third-order valence-electron chi connectivity index (χ3n) is 11.9. The van der Waals surface area contributed by atoms with Gasteiger partial charge in [-0.05, 0) is 62.6 Å². The van der Waals surface area contributed by atoms with Crippen LogP contribution in [0.4, 0.5) is 0 Å². The second-order valence-corrected chi connectivity index (χ2v) is 17.7. The van der Waals surface area contributed by atoms with Crippen molar-refractivity contribution in [2.24, 2.45) is 29.6 Å². The first kappa shape index (κ1) is 58.5. The molecule has 0 aromatic heterocycles. The molecule has 0 bridgehead atoms. The quantitative estimate of drug-likeness (QED) is 0.133. The fourth-order valence-corrected chi connectivity index (χ4v) is 8.38. The molecule has 0 spiro atoms. The van der Waals surface area contributed by atoms with Crippen molar-refractivity contribution >= 4 is 88.7 Å². The van der Waals surface area contributed by atoms with Crippen LogP contribution in [-0.2, 0) is 39.9 Å². The van der Waals surface area contributed by atoms with Crippen molar-refractivity contribution in [1.82, 2.24) is 30.7 Å². The largest absolute Gasteiger partial charge is 0.379 e. The Hall–Kier alpha value is -1.55. The monoisotopic (exact) mass is 861 g/mol. The van der Waals surface area contributed by atoms with E-state index in [0.29, 0.717) is 31.8 Å². The van der Waals surface area contributed by atoms with Gasteiger partial charge in [-0.25, -0.2) is 0 Å². The van der Waals surface area contributed by atoms with Gasteiger partial charge in [-0.3, -0.25) is 28.9 Å². The number of hydrogen-bond acceptors (Lipinski definition) is 8. The van der Waals surface area contributed by atoms with E-state index in [9.17, 15) is 24.0 Å². The molecule has 0 saturated carbocycles. The number of amides is 5. The third-order valence-corrected chi connectivity index (χ3v) is 11.9. The van der Waals surface area contributed by atoms with Crippen LogP contribution in [0.2, 0.25) is 0 Å². The summed E-state index contributed by atoms with van der Waals surface area (Å²) < 4.78 is 12.1. The summed E-state index contributed by atoms with van der Waals surface area (Å²) in [6.45, 7) is 18.9. The molecular formula is C45H78N6Na2O7. The molecule has 9 atom stereocenters. The maximum Gasteiger partial charge on any atom is 0.245 e. The van der Waals surface area contributed by atoms with E-state index >= 15 is 0 Å². The van der Waals surface area contributed by atoms with Gasteiger partial charge in [0, 0.05) is 99.9 Å². The van der Waals surface area contributed by atoms with Crippen LogP contribution in [0.1, 0.15) is 100.0 Å². The van der Waals surface area contributed by atoms with E-state index in [-0.39, 0.29) is 119 Å². The molecule has 5 amide bonds. The molecule has 1 saturated heterocycles. The van der Waals surface area contributed by atoms with Crippen LogP contribution < -0.4 is 16.0 Å². The molecule has 1 fully saturated rings. The molecule has 3 N–H and O–H groups in total. The van der Waals surface area contributed by atoms with E-state index < -0.39 is 42.3 Å². The van der Waals surface area contributed by atoms with Gasteiger partial charge in [0.25, 0.3) is 0 Å². The van der Waals surface area contributed by atoms with Crippen molar-refractivity contribution < 1.29 is 33.4 Å². The molecule has 2 rings (SSSR count). The topological polar surface area (TPSA) is 150 Å². The fourth-order valence-electron chi connectivity index (χ4n) is 8.38. The summed E-state index contributed by atoms with van der Waals surface area (Å²) in [4.78, 5) is 74.8. The summed E-state index contributed by atoms with van der Waals surface area (Å²) in [5.74, 6) is -1.57. The standard InChI is InChI=1S/C45H78N6O7.2Na/c1-15-31(8)40(50(12)45(56)38(29(4)5)48-44(55)39(30(6)7)49(10)11)36(57-13)27-37(52)51-25-19-22-35(51)41(58-14)32(9)42(53)47-34(26-33-20-17-16-18-21-33)43(54)46-24-23-28(2)3;;/h16-18,20-21,28-32,34-36,38-41H,15,19,22-27H2,1-14H3,(H,46,54)(H,47,53)(H,48,55);;/t31-,32+,34-,35-,36+,38-,39-,40-,41+;;/m0../s1. The fraction of sp³-hybridized carbons (Fsp3) is 0.756. The number of carbonyl (C=O) groups excluding carboxylic acids is 5. The normalized spacial score (nSPS) is 18.0. The maximum atomic E-state index is 14.3. The van der Waals surface area contributed by atoms with Gasteiger partial charge in [-0.2, -0.15) is 0 Å². The molecular weight excluding hydrogens is 783 g/mol. The Morgan fingerprint density at radius 2 is 1.45 bits per heavy atom. The smallest absolute Gasteiger partial charge is 0.245 e. The number of nitrogens with zero attached hydrogens (tertiary/aromatic N) is 3. The Balaban J connectivity index is 0.0000174. The van der Waals surface area contributed by atoms with Crippen LogP contribution in [0, 0.1) is 29.6 Å². The van der Waals surface area contributed by atoms with Gasteiger partial charge in [0.1, 0.15) is 12.1 Å². The van der Waals surface area contributed by atoms with Crippen LogP contribution in [-0.4, -0.2) is 194 Å². The summed E-state index contributed by atoms with van der Waals surface area (Å²) in [6, 6.07) is 6.81. The number of benzene rings is 1. The minimum Gasteiger partial charge on any atom is -0.379 e. The average Bonchev–Trinajstić information content (AvgIpc) is 3.65. The molecule has 15 heteroatoms. The van der Waals surface area contributed by atoms with Gasteiger partial charge in [0.05, 0.1) is 42.7 Å². The number of likely N-dealkylation sites (N-methyl/N-ethyl adjacent to an activating group) is 2. The average molecular weight is 861 g/mol. The van der Waals surface area contributed by atoms with E-state index in [1.807, 2.05) is 90.9 Å². The zero-order chi connectivity index (χ0) is 43.9. The second kappa shape index (κ2) is 29.0. The molecule has 1 aliphatic rings. The van der Waals surface area contributed by atoms with Gasteiger partial charge in [0.15, 0.2) is 0 Å². The van der Waals surface area contributed by atoms with E-state index in [1.54, 1.807) is 38.0 Å². The maximum absolute atomic E-state index is 14.3. The van der Waals surface area contributed by atoms with Crippen molar-refractivity contribution in [3.63, 3.8) is 0 Å². The molecule has 60 heavy (non-hydrogen) atoms. The Labute approximate surface area is 406 Å². The van der Waals surface area contributed by atoms with E-state index in [4.69, 9.17) is 9.47 Å². The first-order chi connectivity index (χ1) is 27.3.